The first-order chi connectivity index (χ1) is 29.7. The van der Waals surface area contributed by atoms with Crippen LogP contribution in [0.2, 0.25) is 0 Å². The van der Waals surface area contributed by atoms with Gasteiger partial charge in [0.25, 0.3) is 0 Å². The van der Waals surface area contributed by atoms with Crippen LogP contribution in [0.4, 0.5) is 34.1 Å². The molecule has 2 aromatic heterocycles. The summed E-state index contributed by atoms with van der Waals surface area (Å²) in [7, 11) is 0. The zero-order valence-corrected chi connectivity index (χ0v) is 33.4. The Balaban J connectivity index is 1.02. The van der Waals surface area contributed by atoms with Crippen LogP contribution >= 0.6 is 11.3 Å². The average Bonchev–Trinajstić information content (AvgIpc) is 3.85. The fourth-order valence-corrected chi connectivity index (χ4v) is 10.4. The number of hydrogen-bond donors (Lipinski definition) is 0. The van der Waals surface area contributed by atoms with Crippen molar-refractivity contribution in [3.63, 3.8) is 0 Å². The lowest BCUT2D eigenvalue weighted by atomic mass is 9.96. The standard InChI is InChI=1S/C56H37N3S/c1-6-16-42(17-7-1)57(43-18-8-2-9-19-43)47-29-31-50-49-30-28-38(35-53(49)60-54(50)37-47)41-32-39-26-27-40-33-48(58(44-20-10-3-11-21-44)45-22-12-4-13-23-45)36-52-56(40)55(39)51(34-41)59(52)46-24-14-5-15-25-46/h1-37H. The predicted octanol–water partition coefficient (Wildman–Crippen LogP) is 16.3. The van der Waals surface area contributed by atoms with Gasteiger partial charge in [-0.05, 0) is 125 Å². The number of rotatable bonds is 8. The van der Waals surface area contributed by atoms with E-state index < -0.39 is 0 Å². The van der Waals surface area contributed by atoms with Gasteiger partial charge in [-0.2, -0.15) is 0 Å². The summed E-state index contributed by atoms with van der Waals surface area (Å²) < 4.78 is 5.03. The molecule has 0 amide bonds. The lowest BCUT2D eigenvalue weighted by Gasteiger charge is -2.26. The maximum Gasteiger partial charge on any atom is 0.0568 e. The molecular formula is C56H37N3S. The normalized spacial score (nSPS) is 11.7. The Kier molecular flexibility index (Phi) is 8.03. The van der Waals surface area contributed by atoms with Gasteiger partial charge in [-0.1, -0.05) is 121 Å². The molecule has 0 aliphatic heterocycles. The van der Waals surface area contributed by atoms with E-state index in [1.54, 1.807) is 0 Å². The maximum atomic E-state index is 2.47. The summed E-state index contributed by atoms with van der Waals surface area (Å²) >= 11 is 1.87. The second-order valence-electron chi connectivity index (χ2n) is 15.4. The van der Waals surface area contributed by atoms with E-state index in [9.17, 15) is 0 Å². The largest absolute Gasteiger partial charge is 0.310 e. The Morgan fingerprint density at radius 3 is 1.35 bits per heavy atom. The average molecular weight is 784 g/mol. The fraction of sp³-hybridized carbons (Fsp3) is 0. The number of fused-ring (bicyclic) bond motifs is 3. The van der Waals surface area contributed by atoms with E-state index in [1.165, 1.54) is 63.9 Å². The third-order valence-corrected chi connectivity index (χ3v) is 12.9. The molecule has 4 heteroatoms. The Morgan fingerprint density at radius 1 is 0.317 bits per heavy atom. The molecule has 0 bridgehead atoms. The van der Waals surface area contributed by atoms with E-state index in [0.717, 1.165) is 39.8 Å². The molecule has 0 atom stereocenters. The van der Waals surface area contributed by atoms with Crippen molar-refractivity contribution in [2.75, 3.05) is 9.80 Å². The van der Waals surface area contributed by atoms with Crippen molar-refractivity contribution in [2.24, 2.45) is 0 Å². The molecule has 12 aromatic rings. The van der Waals surface area contributed by atoms with Crippen molar-refractivity contribution >= 4 is 98.2 Å². The van der Waals surface area contributed by atoms with E-state index in [1.807, 2.05) is 11.3 Å². The number of anilines is 6. The van der Waals surface area contributed by atoms with Gasteiger partial charge >= 0.3 is 0 Å². The quantitative estimate of drug-likeness (QED) is 0.142. The highest BCUT2D eigenvalue weighted by atomic mass is 32.1. The number of thiophene rings is 1. The van der Waals surface area contributed by atoms with Gasteiger partial charge in [0, 0.05) is 70.8 Å². The minimum absolute atomic E-state index is 1.12. The molecule has 0 fully saturated rings. The third-order valence-electron chi connectivity index (χ3n) is 11.8. The monoisotopic (exact) mass is 783 g/mol. The molecular weight excluding hydrogens is 747 g/mol. The molecule has 60 heavy (non-hydrogen) atoms. The van der Waals surface area contributed by atoms with Crippen LogP contribution < -0.4 is 9.80 Å². The van der Waals surface area contributed by atoms with Crippen molar-refractivity contribution in [3.05, 3.63) is 224 Å². The summed E-state index contributed by atoms with van der Waals surface area (Å²) in [5.41, 5.74) is 12.8. The van der Waals surface area contributed by atoms with Crippen molar-refractivity contribution < 1.29 is 0 Å². The van der Waals surface area contributed by atoms with Crippen molar-refractivity contribution in [2.45, 2.75) is 0 Å². The van der Waals surface area contributed by atoms with Gasteiger partial charge in [0.05, 0.1) is 11.0 Å². The van der Waals surface area contributed by atoms with Gasteiger partial charge in [0.2, 0.25) is 0 Å². The summed E-state index contributed by atoms with van der Waals surface area (Å²) in [4.78, 5) is 4.70. The minimum atomic E-state index is 1.12. The molecule has 282 valence electrons. The Bertz CT molecular complexity index is 3390. The molecule has 0 spiro atoms. The molecule has 0 saturated carbocycles. The highest BCUT2D eigenvalue weighted by Gasteiger charge is 2.22. The van der Waals surface area contributed by atoms with Gasteiger partial charge < -0.3 is 14.4 Å². The zero-order valence-electron chi connectivity index (χ0n) is 32.6. The Labute approximate surface area is 352 Å². The van der Waals surface area contributed by atoms with Crippen LogP contribution in [-0.2, 0) is 0 Å². The number of nitrogens with zero attached hydrogens (tertiary/aromatic N) is 3. The highest BCUT2D eigenvalue weighted by Crippen LogP contribution is 2.46. The first-order valence-electron chi connectivity index (χ1n) is 20.4. The van der Waals surface area contributed by atoms with Crippen LogP contribution in [0.3, 0.4) is 0 Å². The number of hydrogen-bond acceptors (Lipinski definition) is 3. The van der Waals surface area contributed by atoms with Crippen LogP contribution in [-0.4, -0.2) is 4.57 Å². The second-order valence-corrected chi connectivity index (χ2v) is 16.5. The van der Waals surface area contributed by atoms with Crippen molar-refractivity contribution in [3.8, 4) is 16.8 Å². The van der Waals surface area contributed by atoms with E-state index >= 15 is 0 Å². The summed E-state index contributed by atoms with van der Waals surface area (Å²) in [5, 5.41) is 7.63. The van der Waals surface area contributed by atoms with Gasteiger partial charge in [-0.25, -0.2) is 0 Å². The fourth-order valence-electron chi connectivity index (χ4n) is 9.19. The van der Waals surface area contributed by atoms with Crippen molar-refractivity contribution in [1.82, 2.24) is 4.57 Å². The maximum absolute atomic E-state index is 2.47. The van der Waals surface area contributed by atoms with E-state index in [-0.39, 0.29) is 0 Å². The zero-order chi connectivity index (χ0) is 39.6. The minimum Gasteiger partial charge on any atom is -0.310 e. The third kappa shape index (κ3) is 5.65. The molecule has 0 radical (unpaired) electrons. The smallest absolute Gasteiger partial charge is 0.0568 e. The molecule has 3 nitrogen and oxygen atoms in total. The number of aromatic nitrogens is 1. The molecule has 0 N–H and O–H groups in total. The molecule has 0 unspecified atom stereocenters. The first kappa shape index (κ1) is 34.4. The molecule has 10 aromatic carbocycles. The lowest BCUT2D eigenvalue weighted by molar-refractivity contribution is 1.18. The molecule has 0 aliphatic rings. The van der Waals surface area contributed by atoms with Gasteiger partial charge in [-0.15, -0.1) is 11.3 Å². The van der Waals surface area contributed by atoms with Gasteiger partial charge in [0.15, 0.2) is 0 Å². The second kappa shape index (κ2) is 14.0. The van der Waals surface area contributed by atoms with Crippen molar-refractivity contribution in [1.29, 1.82) is 0 Å². The summed E-state index contributed by atoms with van der Waals surface area (Å²) in [5.74, 6) is 0. The van der Waals surface area contributed by atoms with Gasteiger partial charge in [-0.3, -0.25) is 0 Å². The van der Waals surface area contributed by atoms with E-state index in [0.29, 0.717) is 0 Å². The number of para-hydroxylation sites is 5. The summed E-state index contributed by atoms with van der Waals surface area (Å²) in [6, 6.07) is 81.5. The Hall–Kier alpha value is -7.66. The molecule has 12 rings (SSSR count). The van der Waals surface area contributed by atoms with Gasteiger partial charge in [0.1, 0.15) is 0 Å². The van der Waals surface area contributed by atoms with E-state index in [2.05, 4.69) is 239 Å². The molecule has 0 saturated heterocycles. The summed E-state index contributed by atoms with van der Waals surface area (Å²) in [6.07, 6.45) is 0. The van der Waals surface area contributed by atoms with E-state index in [4.69, 9.17) is 0 Å². The SMILES string of the molecule is c1ccc(N(c2ccccc2)c2ccc3c(c2)sc2cc(-c4cc5ccc6cc(N(c7ccccc7)c7ccccc7)cc7c6c5c(c4)n7-c4ccccc4)ccc23)cc1. The summed E-state index contributed by atoms with van der Waals surface area (Å²) in [6.45, 7) is 0. The molecule has 2 heterocycles. The topological polar surface area (TPSA) is 11.4 Å². The van der Waals surface area contributed by atoms with Crippen LogP contribution in [0, 0.1) is 0 Å². The Morgan fingerprint density at radius 2 is 0.783 bits per heavy atom. The number of benzene rings is 10. The first-order valence-corrected chi connectivity index (χ1v) is 21.2. The highest BCUT2D eigenvalue weighted by molar-refractivity contribution is 7.25. The van der Waals surface area contributed by atoms with Crippen LogP contribution in [0.1, 0.15) is 0 Å². The predicted molar refractivity (Wildman–Crippen MR) is 257 cm³/mol. The van der Waals surface area contributed by atoms with Crippen LogP contribution in [0.15, 0.2) is 224 Å². The lowest BCUT2D eigenvalue weighted by Crippen LogP contribution is -2.10. The van der Waals surface area contributed by atoms with Crippen LogP contribution in [0.5, 0.6) is 0 Å². The van der Waals surface area contributed by atoms with Crippen LogP contribution in [0.25, 0.3) is 69.6 Å². The molecule has 0 aliphatic carbocycles.